The summed E-state index contributed by atoms with van der Waals surface area (Å²) in [5.74, 6) is -0.285. The number of hydrogen-bond acceptors (Lipinski definition) is 3. The molecule has 1 atom stereocenters. The molecule has 7 heteroatoms. The highest BCUT2D eigenvalue weighted by Crippen LogP contribution is 2.23. The molecule has 22 heavy (non-hydrogen) atoms. The minimum Gasteiger partial charge on any atom is -0.339 e. The molecule has 1 fully saturated rings. The van der Waals surface area contributed by atoms with Gasteiger partial charge >= 0.3 is 0 Å². The number of amides is 2. The van der Waals surface area contributed by atoms with Crippen LogP contribution < -0.4 is 5.73 Å². The van der Waals surface area contributed by atoms with E-state index in [9.17, 15) is 9.59 Å². The van der Waals surface area contributed by atoms with Crippen molar-refractivity contribution in [3.8, 4) is 0 Å². The van der Waals surface area contributed by atoms with Crippen LogP contribution in [0.3, 0.4) is 0 Å². The lowest BCUT2D eigenvalue weighted by Crippen LogP contribution is -2.52. The number of nitrogens with zero attached hydrogens (tertiary/aromatic N) is 2. The Labute approximate surface area is 139 Å². The Kier molecular flexibility index (Phi) is 5.67. The van der Waals surface area contributed by atoms with Crippen LogP contribution in [0.2, 0.25) is 10.0 Å². The summed E-state index contributed by atoms with van der Waals surface area (Å²) in [6, 6.07) is 4.82. The van der Waals surface area contributed by atoms with E-state index in [0.29, 0.717) is 48.3 Å². The zero-order valence-corrected chi connectivity index (χ0v) is 13.9. The predicted octanol–water partition coefficient (Wildman–Crippen LogP) is 1.87. The smallest absolute Gasteiger partial charge is 0.255 e. The fourth-order valence-electron chi connectivity index (χ4n) is 2.38. The number of piperazine rings is 1. The third-order valence-corrected chi connectivity index (χ3v) is 4.36. The summed E-state index contributed by atoms with van der Waals surface area (Å²) in [6.07, 6.45) is 0. The highest BCUT2D eigenvalue weighted by molar-refractivity contribution is 6.36. The van der Waals surface area contributed by atoms with E-state index in [-0.39, 0.29) is 17.7 Å². The first kappa shape index (κ1) is 17.1. The lowest BCUT2D eigenvalue weighted by molar-refractivity contribution is -0.136. The topological polar surface area (TPSA) is 66.6 Å². The number of rotatable bonds is 3. The number of carbonyl (C=O) groups excluding carboxylic acids is 2. The van der Waals surface area contributed by atoms with E-state index in [2.05, 4.69) is 0 Å². The van der Waals surface area contributed by atoms with Gasteiger partial charge in [-0.25, -0.2) is 0 Å². The van der Waals surface area contributed by atoms with Crippen molar-refractivity contribution in [3.05, 3.63) is 33.8 Å². The molecule has 1 aromatic rings. The molecule has 1 aliphatic rings. The lowest BCUT2D eigenvalue weighted by atomic mass is 10.1. The second-order valence-electron chi connectivity index (χ2n) is 5.38. The van der Waals surface area contributed by atoms with Crippen molar-refractivity contribution in [2.24, 2.45) is 11.7 Å². The molecular weight excluding hydrogens is 325 g/mol. The average Bonchev–Trinajstić information content (AvgIpc) is 2.53. The third kappa shape index (κ3) is 3.72. The number of benzene rings is 1. The molecule has 1 saturated heterocycles. The maximum absolute atomic E-state index is 12.5. The molecule has 120 valence electrons. The molecule has 1 unspecified atom stereocenters. The van der Waals surface area contributed by atoms with Crippen LogP contribution in [0.25, 0.3) is 0 Å². The van der Waals surface area contributed by atoms with Crippen LogP contribution in [0, 0.1) is 5.92 Å². The van der Waals surface area contributed by atoms with Gasteiger partial charge in [0.2, 0.25) is 5.91 Å². The van der Waals surface area contributed by atoms with Crippen molar-refractivity contribution < 1.29 is 9.59 Å². The van der Waals surface area contributed by atoms with Crippen molar-refractivity contribution in [2.45, 2.75) is 6.92 Å². The summed E-state index contributed by atoms with van der Waals surface area (Å²) in [6.45, 7) is 4.15. The molecule has 1 aliphatic heterocycles. The van der Waals surface area contributed by atoms with Crippen molar-refractivity contribution in [1.82, 2.24) is 9.80 Å². The number of carbonyl (C=O) groups is 2. The Bertz CT molecular complexity index is 572. The first-order chi connectivity index (χ1) is 10.4. The first-order valence-electron chi connectivity index (χ1n) is 7.17. The predicted molar refractivity (Wildman–Crippen MR) is 87.2 cm³/mol. The molecule has 0 spiro atoms. The summed E-state index contributed by atoms with van der Waals surface area (Å²) >= 11 is 11.9. The minimum absolute atomic E-state index is 0.0409. The van der Waals surface area contributed by atoms with Gasteiger partial charge in [-0.1, -0.05) is 30.1 Å². The fourth-order valence-corrected chi connectivity index (χ4v) is 2.87. The van der Waals surface area contributed by atoms with E-state index in [4.69, 9.17) is 28.9 Å². The van der Waals surface area contributed by atoms with Gasteiger partial charge in [0.05, 0.1) is 10.6 Å². The van der Waals surface area contributed by atoms with E-state index in [1.807, 2.05) is 6.92 Å². The molecular formula is C15H19Cl2N3O2. The number of nitrogens with two attached hydrogens (primary N) is 1. The minimum atomic E-state index is -0.187. The van der Waals surface area contributed by atoms with Gasteiger partial charge in [-0.2, -0.15) is 0 Å². The van der Waals surface area contributed by atoms with Crippen LogP contribution in [-0.4, -0.2) is 54.3 Å². The monoisotopic (exact) mass is 343 g/mol. The highest BCUT2D eigenvalue weighted by Gasteiger charge is 2.27. The molecule has 2 N–H and O–H groups in total. The third-order valence-electron chi connectivity index (χ3n) is 3.82. The summed E-state index contributed by atoms with van der Waals surface area (Å²) in [4.78, 5) is 28.0. The Morgan fingerprint density at radius 1 is 1.18 bits per heavy atom. The maximum Gasteiger partial charge on any atom is 0.255 e. The van der Waals surface area contributed by atoms with Gasteiger partial charge in [0.25, 0.3) is 5.91 Å². The zero-order chi connectivity index (χ0) is 16.3. The van der Waals surface area contributed by atoms with Gasteiger partial charge in [0.15, 0.2) is 0 Å². The van der Waals surface area contributed by atoms with Gasteiger partial charge in [0, 0.05) is 43.7 Å². The Hall–Kier alpha value is -1.30. The summed E-state index contributed by atoms with van der Waals surface area (Å²) in [5, 5.41) is 0.834. The van der Waals surface area contributed by atoms with E-state index < -0.39 is 0 Å². The van der Waals surface area contributed by atoms with Crippen LogP contribution in [-0.2, 0) is 4.79 Å². The Balaban J connectivity index is 1.99. The molecule has 0 aromatic heterocycles. The molecule has 0 saturated carbocycles. The van der Waals surface area contributed by atoms with Gasteiger partial charge in [-0.15, -0.1) is 0 Å². The molecule has 0 aliphatic carbocycles. The molecule has 5 nitrogen and oxygen atoms in total. The van der Waals surface area contributed by atoms with Crippen molar-refractivity contribution in [1.29, 1.82) is 0 Å². The van der Waals surface area contributed by atoms with Crippen LogP contribution in [0.5, 0.6) is 0 Å². The Morgan fingerprint density at radius 3 is 2.32 bits per heavy atom. The highest BCUT2D eigenvalue weighted by atomic mass is 35.5. The molecule has 1 heterocycles. The van der Waals surface area contributed by atoms with Crippen molar-refractivity contribution in [2.75, 3.05) is 32.7 Å². The van der Waals surface area contributed by atoms with E-state index in [1.54, 1.807) is 28.0 Å². The molecule has 2 amide bonds. The molecule has 1 aromatic carbocycles. The first-order valence-corrected chi connectivity index (χ1v) is 7.92. The van der Waals surface area contributed by atoms with E-state index in [1.165, 1.54) is 0 Å². The second-order valence-corrected chi connectivity index (χ2v) is 6.22. The lowest BCUT2D eigenvalue weighted by Gasteiger charge is -2.36. The van der Waals surface area contributed by atoms with Crippen molar-refractivity contribution >= 4 is 35.0 Å². The van der Waals surface area contributed by atoms with Gasteiger partial charge in [0.1, 0.15) is 0 Å². The SMILES string of the molecule is CC(CN)C(=O)N1CCN(C(=O)c2ccc(Cl)cc2Cl)CC1. The maximum atomic E-state index is 12.5. The number of hydrogen-bond donors (Lipinski definition) is 1. The number of halogens is 2. The molecule has 0 bridgehead atoms. The largest absolute Gasteiger partial charge is 0.339 e. The zero-order valence-electron chi connectivity index (χ0n) is 12.4. The second kappa shape index (κ2) is 7.31. The normalized spacial score (nSPS) is 16.5. The van der Waals surface area contributed by atoms with Crippen LogP contribution in [0.4, 0.5) is 0 Å². The van der Waals surface area contributed by atoms with Gasteiger partial charge in [-0.3, -0.25) is 9.59 Å². The fraction of sp³-hybridized carbons (Fsp3) is 0.467. The van der Waals surface area contributed by atoms with Gasteiger partial charge in [-0.05, 0) is 18.2 Å². The Morgan fingerprint density at radius 2 is 1.77 bits per heavy atom. The summed E-state index contributed by atoms with van der Waals surface area (Å²) < 4.78 is 0. The van der Waals surface area contributed by atoms with E-state index >= 15 is 0 Å². The van der Waals surface area contributed by atoms with Crippen LogP contribution >= 0.6 is 23.2 Å². The standard InChI is InChI=1S/C15H19Cl2N3O2/c1-10(9-18)14(21)19-4-6-20(7-5-19)15(22)12-3-2-11(16)8-13(12)17/h2-3,8,10H,4-7,9,18H2,1H3. The van der Waals surface area contributed by atoms with Crippen LogP contribution in [0.15, 0.2) is 18.2 Å². The molecule has 0 radical (unpaired) electrons. The molecule has 2 rings (SSSR count). The quantitative estimate of drug-likeness (QED) is 0.910. The summed E-state index contributed by atoms with van der Waals surface area (Å²) in [7, 11) is 0. The van der Waals surface area contributed by atoms with E-state index in [0.717, 1.165) is 0 Å². The van der Waals surface area contributed by atoms with Crippen molar-refractivity contribution in [3.63, 3.8) is 0 Å². The summed E-state index contributed by atoms with van der Waals surface area (Å²) in [5.41, 5.74) is 5.95. The van der Waals surface area contributed by atoms with Crippen LogP contribution in [0.1, 0.15) is 17.3 Å². The average molecular weight is 344 g/mol. The van der Waals surface area contributed by atoms with Gasteiger partial charge < -0.3 is 15.5 Å².